The molecule has 0 saturated heterocycles. The van der Waals surface area contributed by atoms with Gasteiger partial charge in [0.1, 0.15) is 12.4 Å². The van der Waals surface area contributed by atoms with E-state index in [0.717, 1.165) is 12.1 Å². The fourth-order valence-corrected chi connectivity index (χ4v) is 3.12. The van der Waals surface area contributed by atoms with Gasteiger partial charge >= 0.3 is 6.18 Å². The highest BCUT2D eigenvalue weighted by Gasteiger charge is 2.29. The smallest absolute Gasteiger partial charge is 0.350 e. The number of hydrogen-bond donors (Lipinski definition) is 1. The van der Waals surface area contributed by atoms with Crippen LogP contribution in [0.3, 0.4) is 0 Å². The average molecular weight is 416 g/mol. The van der Waals surface area contributed by atoms with Gasteiger partial charge in [0.2, 0.25) is 11.6 Å². The largest absolute Gasteiger partial charge is 0.416 e. The van der Waals surface area contributed by atoms with Crippen LogP contribution in [-0.4, -0.2) is 30.1 Å². The Morgan fingerprint density at radius 1 is 1.10 bits per heavy atom. The molecular weight excluding hydrogens is 401 g/mol. The van der Waals surface area contributed by atoms with Crippen LogP contribution in [0, 0.1) is 6.92 Å². The van der Waals surface area contributed by atoms with Crippen molar-refractivity contribution in [2.24, 2.45) is 0 Å². The first-order chi connectivity index (χ1) is 14.3. The third kappa shape index (κ3) is 3.49. The first-order valence-electron chi connectivity index (χ1n) is 8.88. The van der Waals surface area contributed by atoms with Crippen LogP contribution in [0.1, 0.15) is 17.0 Å². The van der Waals surface area contributed by atoms with Crippen molar-refractivity contribution < 1.29 is 18.0 Å². The van der Waals surface area contributed by atoms with E-state index in [-0.39, 0.29) is 18.7 Å². The molecule has 0 unspecified atom stereocenters. The van der Waals surface area contributed by atoms with E-state index in [1.807, 2.05) is 0 Å². The minimum Gasteiger partial charge on any atom is -0.350 e. The Morgan fingerprint density at radius 3 is 2.53 bits per heavy atom. The van der Waals surface area contributed by atoms with E-state index in [4.69, 9.17) is 0 Å². The molecule has 8 nitrogen and oxygen atoms in total. The summed E-state index contributed by atoms with van der Waals surface area (Å²) >= 11 is 0. The van der Waals surface area contributed by atoms with E-state index in [2.05, 4.69) is 20.5 Å². The maximum Gasteiger partial charge on any atom is 0.416 e. The van der Waals surface area contributed by atoms with Crippen molar-refractivity contribution in [1.29, 1.82) is 0 Å². The summed E-state index contributed by atoms with van der Waals surface area (Å²) in [5.41, 5.74) is 0.154. The SMILES string of the molecule is Cc1nnc2c(=O)n(CC(=O)NCc3ccc(C(F)(F)F)cc3)c3cccnc3n12. The number of carbonyl (C=O) groups is 1. The Bertz CT molecular complexity index is 1310. The van der Waals surface area contributed by atoms with Gasteiger partial charge in [0.05, 0.1) is 11.1 Å². The second kappa shape index (κ2) is 7.25. The highest BCUT2D eigenvalue weighted by molar-refractivity contribution is 5.80. The quantitative estimate of drug-likeness (QED) is 0.550. The summed E-state index contributed by atoms with van der Waals surface area (Å²) in [7, 11) is 0. The number of amides is 1. The Kier molecular flexibility index (Phi) is 4.72. The molecule has 0 spiro atoms. The highest BCUT2D eigenvalue weighted by Crippen LogP contribution is 2.29. The lowest BCUT2D eigenvalue weighted by Crippen LogP contribution is -2.33. The second-order valence-corrected chi connectivity index (χ2v) is 6.62. The minimum absolute atomic E-state index is 0.0220. The normalized spacial score (nSPS) is 11.9. The first-order valence-corrected chi connectivity index (χ1v) is 8.88. The van der Waals surface area contributed by atoms with Crippen LogP contribution >= 0.6 is 0 Å². The van der Waals surface area contributed by atoms with Gasteiger partial charge in [-0.2, -0.15) is 13.2 Å². The molecule has 0 bridgehead atoms. The number of halogens is 3. The lowest BCUT2D eigenvalue weighted by molar-refractivity contribution is -0.137. The zero-order valence-corrected chi connectivity index (χ0v) is 15.6. The van der Waals surface area contributed by atoms with E-state index in [1.54, 1.807) is 25.3 Å². The zero-order valence-electron chi connectivity index (χ0n) is 15.6. The average Bonchev–Trinajstić information content (AvgIpc) is 3.11. The van der Waals surface area contributed by atoms with Gasteiger partial charge in [0.25, 0.3) is 5.56 Å². The van der Waals surface area contributed by atoms with Crippen molar-refractivity contribution in [2.75, 3.05) is 0 Å². The molecule has 4 aromatic rings. The summed E-state index contributed by atoms with van der Waals surface area (Å²) in [6, 6.07) is 7.79. The maximum absolute atomic E-state index is 12.8. The number of aromatic nitrogens is 5. The summed E-state index contributed by atoms with van der Waals surface area (Å²) in [6.45, 7) is 1.41. The molecule has 1 N–H and O–H groups in total. The molecule has 11 heteroatoms. The van der Waals surface area contributed by atoms with Crippen LogP contribution < -0.4 is 10.9 Å². The fourth-order valence-electron chi connectivity index (χ4n) is 3.12. The van der Waals surface area contributed by atoms with Crippen molar-refractivity contribution in [3.63, 3.8) is 0 Å². The number of fused-ring (bicyclic) bond motifs is 3. The summed E-state index contributed by atoms with van der Waals surface area (Å²) in [5, 5.41) is 10.4. The lowest BCUT2D eigenvalue weighted by atomic mass is 10.1. The van der Waals surface area contributed by atoms with Gasteiger partial charge in [0, 0.05) is 12.7 Å². The number of alkyl halides is 3. The van der Waals surface area contributed by atoms with Gasteiger partial charge in [-0.1, -0.05) is 12.1 Å². The van der Waals surface area contributed by atoms with Crippen LogP contribution in [0.15, 0.2) is 47.4 Å². The van der Waals surface area contributed by atoms with Gasteiger partial charge in [-0.05, 0) is 36.8 Å². The van der Waals surface area contributed by atoms with Crippen molar-refractivity contribution in [3.8, 4) is 0 Å². The summed E-state index contributed by atoms with van der Waals surface area (Å²) in [5.74, 6) is 0.00689. The number of nitrogens with zero attached hydrogens (tertiary/aromatic N) is 5. The standard InChI is InChI=1S/C19H15F3N6O2/c1-11-25-26-17-18(30)27(14-3-2-8-23-16(14)28(11)17)10-15(29)24-9-12-4-6-13(7-5-12)19(20,21)22/h2-8H,9-10H2,1H3,(H,24,29). The number of rotatable bonds is 4. The molecule has 4 rings (SSSR count). The Hall–Kier alpha value is -3.76. The van der Waals surface area contributed by atoms with E-state index in [9.17, 15) is 22.8 Å². The highest BCUT2D eigenvalue weighted by atomic mass is 19.4. The van der Waals surface area contributed by atoms with Crippen LogP contribution in [0.2, 0.25) is 0 Å². The van der Waals surface area contributed by atoms with E-state index in [1.165, 1.54) is 21.1 Å². The predicted octanol–water partition coefficient (Wildman–Crippen LogP) is 2.08. The van der Waals surface area contributed by atoms with Gasteiger partial charge in [-0.25, -0.2) is 4.98 Å². The van der Waals surface area contributed by atoms with Gasteiger partial charge in [0.15, 0.2) is 5.65 Å². The zero-order chi connectivity index (χ0) is 21.5. The molecule has 154 valence electrons. The topological polar surface area (TPSA) is 94.2 Å². The van der Waals surface area contributed by atoms with Crippen LogP contribution in [0.4, 0.5) is 13.2 Å². The molecular formula is C19H15F3N6O2. The number of aryl methyl sites for hydroxylation is 1. The third-order valence-corrected chi connectivity index (χ3v) is 4.60. The molecule has 1 amide bonds. The van der Waals surface area contributed by atoms with Gasteiger partial charge < -0.3 is 5.32 Å². The molecule has 0 atom stereocenters. The molecule has 0 saturated carbocycles. The molecule has 3 heterocycles. The van der Waals surface area contributed by atoms with E-state index >= 15 is 0 Å². The summed E-state index contributed by atoms with van der Waals surface area (Å²) in [6.07, 6.45) is -2.86. The number of nitrogens with one attached hydrogen (secondary N) is 1. The molecule has 1 aromatic carbocycles. The Balaban J connectivity index is 1.57. The number of benzene rings is 1. The van der Waals surface area contributed by atoms with E-state index < -0.39 is 23.2 Å². The van der Waals surface area contributed by atoms with Gasteiger partial charge in [-0.15, -0.1) is 10.2 Å². The van der Waals surface area contributed by atoms with Crippen molar-refractivity contribution >= 4 is 22.7 Å². The molecule has 30 heavy (non-hydrogen) atoms. The van der Waals surface area contributed by atoms with Crippen LogP contribution in [-0.2, 0) is 24.1 Å². The number of pyridine rings is 1. The number of carbonyl (C=O) groups excluding carboxylic acids is 1. The number of hydrogen-bond acceptors (Lipinski definition) is 5. The second-order valence-electron chi connectivity index (χ2n) is 6.62. The molecule has 3 aromatic heterocycles. The molecule has 0 aliphatic rings. The maximum atomic E-state index is 12.8. The Morgan fingerprint density at radius 2 is 1.83 bits per heavy atom. The summed E-state index contributed by atoms with van der Waals surface area (Å²) < 4.78 is 40.7. The van der Waals surface area contributed by atoms with Crippen molar-refractivity contribution in [1.82, 2.24) is 29.5 Å². The van der Waals surface area contributed by atoms with Crippen LogP contribution in [0.5, 0.6) is 0 Å². The monoisotopic (exact) mass is 416 g/mol. The molecule has 0 aliphatic carbocycles. The molecule has 0 aliphatic heterocycles. The van der Waals surface area contributed by atoms with Crippen LogP contribution in [0.25, 0.3) is 16.8 Å². The minimum atomic E-state index is -4.42. The third-order valence-electron chi connectivity index (χ3n) is 4.60. The predicted molar refractivity (Wildman–Crippen MR) is 101 cm³/mol. The van der Waals surface area contributed by atoms with Crippen molar-refractivity contribution in [3.05, 3.63) is 69.9 Å². The Labute approximate surface area is 167 Å². The first kappa shape index (κ1) is 19.6. The van der Waals surface area contributed by atoms with Gasteiger partial charge in [-0.3, -0.25) is 18.6 Å². The van der Waals surface area contributed by atoms with E-state index in [0.29, 0.717) is 22.6 Å². The molecule has 0 radical (unpaired) electrons. The lowest BCUT2D eigenvalue weighted by Gasteiger charge is -2.12. The summed E-state index contributed by atoms with van der Waals surface area (Å²) in [4.78, 5) is 29.5. The molecule has 0 fully saturated rings. The fraction of sp³-hybridized carbons (Fsp3) is 0.211. The van der Waals surface area contributed by atoms with Crippen molar-refractivity contribution in [2.45, 2.75) is 26.2 Å².